The van der Waals surface area contributed by atoms with Crippen LogP contribution >= 0.6 is 22.9 Å². The van der Waals surface area contributed by atoms with Gasteiger partial charge in [-0.25, -0.2) is 4.79 Å². The van der Waals surface area contributed by atoms with Crippen molar-refractivity contribution in [1.29, 1.82) is 0 Å². The Bertz CT molecular complexity index is 2450. The molecule has 2 aliphatic heterocycles. The van der Waals surface area contributed by atoms with E-state index in [9.17, 15) is 14.4 Å². The second-order valence-corrected chi connectivity index (χ2v) is 16.2. The van der Waals surface area contributed by atoms with Crippen molar-refractivity contribution < 1.29 is 23.9 Å². The number of carbonyl (C=O) groups excluding carboxylic acids is 3. The molecule has 14 heteroatoms. The lowest BCUT2D eigenvalue weighted by atomic mass is 9.97. The van der Waals surface area contributed by atoms with Gasteiger partial charge in [-0.2, -0.15) is 0 Å². The molecule has 0 bridgehead atoms. The van der Waals surface area contributed by atoms with Gasteiger partial charge >= 0.3 is 6.09 Å². The summed E-state index contributed by atoms with van der Waals surface area (Å²) in [5.41, 5.74) is 5.72. The molecule has 3 amide bonds. The zero-order valence-corrected chi connectivity index (χ0v) is 33.6. The average Bonchev–Trinajstić information content (AvgIpc) is 4.03. The molecule has 0 saturated carbocycles. The van der Waals surface area contributed by atoms with Gasteiger partial charge in [0.15, 0.2) is 5.75 Å². The maximum absolute atomic E-state index is 14.3. The summed E-state index contributed by atoms with van der Waals surface area (Å²) in [5.74, 6) is 0.909. The van der Waals surface area contributed by atoms with E-state index in [2.05, 4.69) is 20.2 Å². The second kappa shape index (κ2) is 15.8. The van der Waals surface area contributed by atoms with Crippen molar-refractivity contribution in [1.82, 2.24) is 24.7 Å². The van der Waals surface area contributed by atoms with Crippen molar-refractivity contribution in [3.05, 3.63) is 82.5 Å². The van der Waals surface area contributed by atoms with Crippen LogP contribution in [0.15, 0.2) is 60.0 Å². The number of halogens is 1. The standard InChI is InChI=1S/C42H46ClN7O5S/c1-25-24-56-39-36(55-42(53)48(4)14-13-47(2)3)21-35-38(37(25)39)28(22-43)23-50(35)41(52)34-20-26-17-29(7-9-31(26)46-34)44-40(51)33-19-27-18-30(8-10-32(27)45-33)54-16-15-49-11-5-6-12-49/h7-10,17-21,24,28,45-46H,5-6,11-16,22-23H2,1-4H3,(H,44,51)/t28-/m1/s1. The number of aromatic amines is 2. The molecule has 0 unspecified atom stereocenters. The number of aryl methyl sites for hydroxylation is 1. The molecule has 8 rings (SSSR count). The second-order valence-electron chi connectivity index (χ2n) is 15.1. The summed E-state index contributed by atoms with van der Waals surface area (Å²) < 4.78 is 12.9. The first-order chi connectivity index (χ1) is 27.1. The van der Waals surface area contributed by atoms with E-state index in [-0.39, 0.29) is 17.7 Å². The number of nitrogens with one attached hydrogen (secondary N) is 3. The van der Waals surface area contributed by atoms with Gasteiger partial charge in [0.2, 0.25) is 0 Å². The number of hydrogen-bond donors (Lipinski definition) is 3. The minimum atomic E-state index is -0.464. The monoisotopic (exact) mass is 795 g/mol. The first kappa shape index (κ1) is 37.8. The third kappa shape index (κ3) is 7.56. The molecule has 1 atom stereocenters. The highest BCUT2D eigenvalue weighted by Crippen LogP contribution is 2.49. The van der Waals surface area contributed by atoms with Gasteiger partial charge in [0.05, 0.1) is 10.4 Å². The lowest BCUT2D eigenvalue weighted by Crippen LogP contribution is -2.35. The Kier molecular flexibility index (Phi) is 10.7. The van der Waals surface area contributed by atoms with Gasteiger partial charge in [0.1, 0.15) is 23.7 Å². The van der Waals surface area contributed by atoms with E-state index in [0.717, 1.165) is 68.4 Å². The highest BCUT2D eigenvalue weighted by atomic mass is 35.5. The fourth-order valence-corrected chi connectivity index (χ4v) is 8.97. The Morgan fingerprint density at radius 1 is 0.946 bits per heavy atom. The van der Waals surface area contributed by atoms with E-state index in [1.54, 1.807) is 35.0 Å². The van der Waals surface area contributed by atoms with E-state index in [1.807, 2.05) is 67.7 Å². The van der Waals surface area contributed by atoms with E-state index < -0.39 is 6.09 Å². The van der Waals surface area contributed by atoms with Crippen LogP contribution in [0.2, 0.25) is 0 Å². The van der Waals surface area contributed by atoms with Gasteiger partial charge in [-0.15, -0.1) is 22.9 Å². The maximum Gasteiger partial charge on any atom is 0.415 e. The average molecular weight is 796 g/mol. The molecule has 0 aliphatic carbocycles. The number of anilines is 2. The van der Waals surface area contributed by atoms with E-state index in [0.29, 0.717) is 60.6 Å². The van der Waals surface area contributed by atoms with Crippen LogP contribution in [0.1, 0.15) is 50.9 Å². The minimum absolute atomic E-state index is 0.103. The smallest absolute Gasteiger partial charge is 0.415 e. The fraction of sp³-hybridized carbons (Fsp3) is 0.357. The molecule has 12 nitrogen and oxygen atoms in total. The van der Waals surface area contributed by atoms with Crippen molar-refractivity contribution in [3.8, 4) is 11.5 Å². The van der Waals surface area contributed by atoms with Gasteiger partial charge in [-0.1, -0.05) is 0 Å². The van der Waals surface area contributed by atoms with Crippen LogP contribution in [0, 0.1) is 6.92 Å². The van der Waals surface area contributed by atoms with Crippen LogP contribution in [-0.4, -0.2) is 115 Å². The van der Waals surface area contributed by atoms with Crippen LogP contribution in [-0.2, 0) is 0 Å². The number of H-pyrrole nitrogens is 2. The summed E-state index contributed by atoms with van der Waals surface area (Å²) >= 11 is 8.07. The van der Waals surface area contributed by atoms with Crippen LogP contribution in [0.3, 0.4) is 0 Å². The van der Waals surface area contributed by atoms with Crippen LogP contribution < -0.4 is 19.7 Å². The van der Waals surface area contributed by atoms with Gasteiger partial charge in [-0.3, -0.25) is 14.5 Å². The third-order valence-corrected chi connectivity index (χ3v) is 12.2. The number of amides is 3. The molecule has 6 aromatic rings. The molecule has 5 heterocycles. The molecular weight excluding hydrogens is 750 g/mol. The molecule has 1 fully saturated rings. The van der Waals surface area contributed by atoms with Crippen molar-refractivity contribution in [2.45, 2.75) is 25.7 Å². The summed E-state index contributed by atoms with van der Waals surface area (Å²) in [6.45, 7) is 7.42. The van der Waals surface area contributed by atoms with Gasteiger partial charge in [0, 0.05) is 84.0 Å². The van der Waals surface area contributed by atoms with Gasteiger partial charge in [0.25, 0.3) is 11.8 Å². The molecule has 0 radical (unpaired) electrons. The Morgan fingerprint density at radius 2 is 1.68 bits per heavy atom. The molecule has 3 aromatic carbocycles. The first-order valence-electron chi connectivity index (χ1n) is 19.0. The number of benzene rings is 3. The summed E-state index contributed by atoms with van der Waals surface area (Å²) in [6, 6.07) is 16.7. The quantitative estimate of drug-likeness (QED) is 0.108. The molecule has 3 aromatic heterocycles. The van der Waals surface area contributed by atoms with E-state index in [4.69, 9.17) is 21.1 Å². The number of thiophene rings is 1. The number of hydrogen-bond acceptors (Lipinski definition) is 8. The number of likely N-dealkylation sites (N-methyl/N-ethyl adjacent to an activating group) is 2. The van der Waals surface area contributed by atoms with Crippen molar-refractivity contribution >= 4 is 84.1 Å². The first-order valence-corrected chi connectivity index (χ1v) is 20.4. The molecule has 3 N–H and O–H groups in total. The number of nitrogens with zero attached hydrogens (tertiary/aromatic N) is 4. The van der Waals surface area contributed by atoms with Crippen LogP contribution in [0.25, 0.3) is 31.9 Å². The molecule has 1 saturated heterocycles. The number of aromatic nitrogens is 2. The Labute approximate surface area is 334 Å². The number of alkyl halides is 1. The maximum atomic E-state index is 14.3. The van der Waals surface area contributed by atoms with E-state index >= 15 is 0 Å². The summed E-state index contributed by atoms with van der Waals surface area (Å²) in [6.07, 6.45) is 2.04. The van der Waals surface area contributed by atoms with E-state index in [1.165, 1.54) is 24.2 Å². The molecule has 0 spiro atoms. The van der Waals surface area contributed by atoms with Crippen molar-refractivity contribution in [2.24, 2.45) is 0 Å². The SMILES string of the molecule is Cc1csc2c(OC(=O)N(C)CCN(C)C)cc3c(c12)[C@H](CCl)CN3C(=O)c1cc2cc(NC(=O)c3cc4cc(OCCN5CCCC5)ccc4[nH]3)ccc2[nH]1. The zero-order chi connectivity index (χ0) is 39.1. The number of rotatable bonds is 12. The van der Waals surface area contributed by atoms with Gasteiger partial charge in [-0.05, 0) is 112 Å². The lowest BCUT2D eigenvalue weighted by Gasteiger charge is -2.21. The highest BCUT2D eigenvalue weighted by Gasteiger charge is 2.37. The predicted molar refractivity (Wildman–Crippen MR) is 225 cm³/mol. The zero-order valence-electron chi connectivity index (χ0n) is 32.0. The predicted octanol–water partition coefficient (Wildman–Crippen LogP) is 7.87. The van der Waals surface area contributed by atoms with Crippen molar-refractivity contribution in [2.75, 3.05) is 83.1 Å². The number of ether oxygens (including phenoxy) is 2. The minimum Gasteiger partial charge on any atom is -0.492 e. The topological polar surface area (TPSA) is 126 Å². The number of likely N-dealkylation sites (tertiary alicyclic amines) is 1. The normalized spacial score (nSPS) is 15.7. The Balaban J connectivity index is 0.995. The fourth-order valence-electron chi connectivity index (χ4n) is 7.70. The highest BCUT2D eigenvalue weighted by molar-refractivity contribution is 7.17. The molecule has 292 valence electrons. The largest absolute Gasteiger partial charge is 0.492 e. The Morgan fingerprint density at radius 3 is 2.45 bits per heavy atom. The van der Waals surface area contributed by atoms with Crippen LogP contribution in [0.4, 0.5) is 16.2 Å². The lowest BCUT2D eigenvalue weighted by molar-refractivity contribution is 0.0982. The summed E-state index contributed by atoms with van der Waals surface area (Å²) in [5, 5.41) is 7.68. The van der Waals surface area contributed by atoms with Crippen molar-refractivity contribution in [3.63, 3.8) is 0 Å². The molecular formula is C42H46ClN7O5S. The van der Waals surface area contributed by atoms with Crippen LogP contribution in [0.5, 0.6) is 11.5 Å². The summed E-state index contributed by atoms with van der Waals surface area (Å²) in [4.78, 5) is 55.1. The molecule has 2 aliphatic rings. The Hall–Kier alpha value is -5.08. The number of carbonyl (C=O) groups is 3. The number of fused-ring (bicyclic) bond motifs is 5. The third-order valence-electron chi connectivity index (χ3n) is 10.8. The van der Waals surface area contributed by atoms with Gasteiger partial charge < -0.3 is 39.5 Å². The molecule has 56 heavy (non-hydrogen) atoms. The summed E-state index contributed by atoms with van der Waals surface area (Å²) in [7, 11) is 5.62.